The van der Waals surface area contributed by atoms with Gasteiger partial charge in [-0.1, -0.05) is 13.8 Å². The van der Waals surface area contributed by atoms with Gasteiger partial charge in [0.1, 0.15) is 0 Å². The SMILES string of the molecule is CCCN(CCC)c1ccc(C(=O)NCCCN2CCCC2=O)cc1C. The van der Waals surface area contributed by atoms with E-state index < -0.39 is 0 Å². The van der Waals surface area contributed by atoms with Crippen LogP contribution in [0.5, 0.6) is 0 Å². The Morgan fingerprint density at radius 2 is 1.96 bits per heavy atom. The molecule has 0 radical (unpaired) electrons. The van der Waals surface area contributed by atoms with Crippen LogP contribution in [0.15, 0.2) is 18.2 Å². The second-order valence-corrected chi connectivity index (χ2v) is 7.08. The lowest BCUT2D eigenvalue weighted by Crippen LogP contribution is -2.30. The summed E-state index contributed by atoms with van der Waals surface area (Å²) in [5.74, 6) is 0.205. The normalized spacial score (nSPS) is 14.0. The molecule has 0 aromatic heterocycles. The number of likely N-dealkylation sites (tertiary alicyclic amines) is 1. The molecule has 1 aliphatic heterocycles. The molecule has 1 saturated heterocycles. The van der Waals surface area contributed by atoms with Crippen molar-refractivity contribution < 1.29 is 9.59 Å². The summed E-state index contributed by atoms with van der Waals surface area (Å²) in [5.41, 5.74) is 3.07. The molecule has 1 heterocycles. The first-order chi connectivity index (χ1) is 12.6. The molecule has 1 aromatic rings. The van der Waals surface area contributed by atoms with E-state index in [4.69, 9.17) is 0 Å². The van der Waals surface area contributed by atoms with Crippen LogP contribution in [0.1, 0.15) is 61.9 Å². The Kier molecular flexibility index (Phi) is 7.95. The summed E-state index contributed by atoms with van der Waals surface area (Å²) in [6.07, 6.45) is 4.66. The molecule has 5 heteroatoms. The average molecular weight is 360 g/mol. The molecular weight excluding hydrogens is 326 g/mol. The van der Waals surface area contributed by atoms with Crippen LogP contribution in [0.4, 0.5) is 5.69 Å². The fraction of sp³-hybridized carbons (Fsp3) is 0.619. The largest absolute Gasteiger partial charge is 0.371 e. The molecule has 26 heavy (non-hydrogen) atoms. The molecule has 144 valence electrons. The molecule has 1 N–H and O–H groups in total. The monoisotopic (exact) mass is 359 g/mol. The Morgan fingerprint density at radius 3 is 2.54 bits per heavy atom. The molecule has 1 aliphatic rings. The Balaban J connectivity index is 1.86. The van der Waals surface area contributed by atoms with Crippen molar-refractivity contribution in [2.75, 3.05) is 37.6 Å². The van der Waals surface area contributed by atoms with Crippen LogP contribution < -0.4 is 10.2 Å². The predicted molar refractivity (Wildman–Crippen MR) is 107 cm³/mol. The van der Waals surface area contributed by atoms with Crippen LogP contribution in [0.25, 0.3) is 0 Å². The zero-order valence-electron chi connectivity index (χ0n) is 16.5. The molecule has 0 aliphatic carbocycles. The lowest BCUT2D eigenvalue weighted by atomic mass is 10.1. The third-order valence-electron chi connectivity index (χ3n) is 4.85. The van der Waals surface area contributed by atoms with Crippen LogP contribution in [0.3, 0.4) is 0 Å². The fourth-order valence-electron chi connectivity index (χ4n) is 3.56. The molecule has 5 nitrogen and oxygen atoms in total. The van der Waals surface area contributed by atoms with Gasteiger partial charge in [0.15, 0.2) is 0 Å². The Morgan fingerprint density at radius 1 is 1.23 bits per heavy atom. The highest BCUT2D eigenvalue weighted by atomic mass is 16.2. The van der Waals surface area contributed by atoms with Crippen LogP contribution >= 0.6 is 0 Å². The molecule has 2 rings (SSSR count). The summed E-state index contributed by atoms with van der Waals surface area (Å²) in [7, 11) is 0. The number of anilines is 1. The minimum absolute atomic E-state index is 0.0371. The molecule has 0 saturated carbocycles. The van der Waals surface area contributed by atoms with Crippen molar-refractivity contribution in [1.29, 1.82) is 0 Å². The molecular formula is C21H33N3O2. The van der Waals surface area contributed by atoms with E-state index in [2.05, 4.69) is 37.1 Å². The van der Waals surface area contributed by atoms with Gasteiger partial charge in [-0.25, -0.2) is 0 Å². The Labute approximate surface area is 157 Å². The second kappa shape index (κ2) is 10.2. The highest BCUT2D eigenvalue weighted by molar-refractivity contribution is 5.94. The number of aryl methyl sites for hydroxylation is 1. The van der Waals surface area contributed by atoms with E-state index >= 15 is 0 Å². The van der Waals surface area contributed by atoms with Gasteiger partial charge in [-0.05, 0) is 56.4 Å². The molecule has 0 bridgehead atoms. The summed E-state index contributed by atoms with van der Waals surface area (Å²) in [5, 5.41) is 2.97. The first-order valence-electron chi connectivity index (χ1n) is 9.98. The first kappa shape index (κ1) is 20.3. The summed E-state index contributed by atoms with van der Waals surface area (Å²) in [6.45, 7) is 10.7. The zero-order valence-corrected chi connectivity index (χ0v) is 16.5. The summed E-state index contributed by atoms with van der Waals surface area (Å²) < 4.78 is 0. The van der Waals surface area contributed by atoms with Crippen LogP contribution in [0.2, 0.25) is 0 Å². The molecule has 2 amide bonds. The van der Waals surface area contributed by atoms with Gasteiger partial charge < -0.3 is 15.1 Å². The van der Waals surface area contributed by atoms with E-state index in [1.165, 1.54) is 5.69 Å². The van der Waals surface area contributed by atoms with Crippen molar-refractivity contribution in [3.63, 3.8) is 0 Å². The number of rotatable bonds is 10. The number of benzene rings is 1. The number of amides is 2. The van der Waals surface area contributed by atoms with E-state index in [1.54, 1.807) is 0 Å². The summed E-state index contributed by atoms with van der Waals surface area (Å²) >= 11 is 0. The third kappa shape index (κ3) is 5.48. The Hall–Kier alpha value is -2.04. The maximum Gasteiger partial charge on any atom is 0.251 e. The van der Waals surface area contributed by atoms with Crippen LogP contribution in [-0.2, 0) is 4.79 Å². The van der Waals surface area contributed by atoms with E-state index in [-0.39, 0.29) is 11.8 Å². The standard InChI is InChI=1S/C21H33N3O2/c1-4-12-23(13-5-2)19-10-9-18(16-17(19)3)21(26)22-11-7-15-24-14-6-8-20(24)25/h9-10,16H,4-8,11-15H2,1-3H3,(H,22,26). The van der Waals surface area contributed by atoms with Crippen LogP contribution in [0, 0.1) is 6.92 Å². The maximum absolute atomic E-state index is 12.4. The molecule has 1 fully saturated rings. The van der Waals surface area contributed by atoms with Crippen molar-refractivity contribution in [2.24, 2.45) is 0 Å². The van der Waals surface area contributed by atoms with Gasteiger partial charge in [0.2, 0.25) is 5.91 Å². The molecule has 1 aromatic carbocycles. The van der Waals surface area contributed by atoms with E-state index in [0.29, 0.717) is 18.5 Å². The lowest BCUT2D eigenvalue weighted by Gasteiger charge is -2.26. The second-order valence-electron chi connectivity index (χ2n) is 7.08. The molecule has 0 spiro atoms. The molecule has 0 atom stereocenters. The minimum Gasteiger partial charge on any atom is -0.371 e. The van der Waals surface area contributed by atoms with Crippen molar-refractivity contribution >= 4 is 17.5 Å². The first-order valence-corrected chi connectivity index (χ1v) is 9.98. The number of hydrogen-bond donors (Lipinski definition) is 1. The number of nitrogens with one attached hydrogen (secondary N) is 1. The van der Waals surface area contributed by atoms with Crippen molar-refractivity contribution in [3.05, 3.63) is 29.3 Å². The van der Waals surface area contributed by atoms with Gasteiger partial charge in [-0.15, -0.1) is 0 Å². The highest BCUT2D eigenvalue weighted by Crippen LogP contribution is 2.22. The number of nitrogens with zero attached hydrogens (tertiary/aromatic N) is 2. The number of hydrogen-bond acceptors (Lipinski definition) is 3. The van der Waals surface area contributed by atoms with Crippen molar-refractivity contribution in [1.82, 2.24) is 10.2 Å². The highest BCUT2D eigenvalue weighted by Gasteiger charge is 2.19. The smallest absolute Gasteiger partial charge is 0.251 e. The van der Waals surface area contributed by atoms with Gasteiger partial charge in [-0.3, -0.25) is 9.59 Å². The number of carbonyl (C=O) groups excluding carboxylic acids is 2. The number of carbonyl (C=O) groups is 2. The topological polar surface area (TPSA) is 52.7 Å². The zero-order chi connectivity index (χ0) is 18.9. The third-order valence-corrected chi connectivity index (χ3v) is 4.85. The average Bonchev–Trinajstić information content (AvgIpc) is 3.03. The van der Waals surface area contributed by atoms with E-state index in [0.717, 1.165) is 57.4 Å². The van der Waals surface area contributed by atoms with Gasteiger partial charge >= 0.3 is 0 Å². The van der Waals surface area contributed by atoms with Gasteiger partial charge in [-0.2, -0.15) is 0 Å². The minimum atomic E-state index is -0.0371. The fourth-order valence-corrected chi connectivity index (χ4v) is 3.56. The molecule has 0 unspecified atom stereocenters. The maximum atomic E-state index is 12.4. The van der Waals surface area contributed by atoms with Crippen LogP contribution in [-0.4, -0.2) is 49.4 Å². The van der Waals surface area contributed by atoms with Crippen molar-refractivity contribution in [3.8, 4) is 0 Å². The van der Waals surface area contributed by atoms with Gasteiger partial charge in [0.05, 0.1) is 0 Å². The lowest BCUT2D eigenvalue weighted by molar-refractivity contribution is -0.127. The Bertz CT molecular complexity index is 609. The quantitative estimate of drug-likeness (QED) is 0.652. The summed E-state index contributed by atoms with van der Waals surface area (Å²) in [4.78, 5) is 28.2. The predicted octanol–water partition coefficient (Wildman–Crippen LogP) is 3.36. The van der Waals surface area contributed by atoms with E-state index in [9.17, 15) is 9.59 Å². The van der Waals surface area contributed by atoms with Gasteiger partial charge in [0.25, 0.3) is 5.91 Å². The van der Waals surface area contributed by atoms with Gasteiger partial charge in [0, 0.05) is 50.4 Å². The summed E-state index contributed by atoms with van der Waals surface area (Å²) in [6, 6.07) is 5.96. The van der Waals surface area contributed by atoms with E-state index in [1.807, 2.05) is 17.0 Å². The van der Waals surface area contributed by atoms with Crippen molar-refractivity contribution in [2.45, 2.75) is 52.9 Å².